The topological polar surface area (TPSA) is 17.1 Å². The van der Waals surface area contributed by atoms with Crippen molar-refractivity contribution in [3.8, 4) is 0 Å². The van der Waals surface area contributed by atoms with E-state index < -0.39 is 0 Å². The average Bonchev–Trinajstić information content (AvgIpc) is 2.74. The Morgan fingerprint density at radius 3 is 2.50 bits per heavy atom. The van der Waals surface area contributed by atoms with Crippen LogP contribution < -0.4 is 0 Å². The van der Waals surface area contributed by atoms with E-state index >= 15 is 0 Å². The van der Waals surface area contributed by atoms with Crippen molar-refractivity contribution in [3.05, 3.63) is 37.0 Å². The minimum atomic E-state index is 0.165. The van der Waals surface area contributed by atoms with Crippen molar-refractivity contribution < 1.29 is 4.79 Å². The largest absolute Gasteiger partial charge is 0.295 e. The summed E-state index contributed by atoms with van der Waals surface area (Å²) in [5.74, 6) is 1.47. The minimum Gasteiger partial charge on any atom is -0.295 e. The van der Waals surface area contributed by atoms with E-state index in [4.69, 9.17) is 0 Å². The maximum Gasteiger partial charge on any atom is 0.155 e. The predicted octanol–water partition coefficient (Wildman–Crippen LogP) is 3.68. The molecule has 3 atom stereocenters. The van der Waals surface area contributed by atoms with E-state index in [2.05, 4.69) is 18.7 Å². The summed E-state index contributed by atoms with van der Waals surface area (Å²) in [7, 11) is 0. The number of ketones is 1. The summed E-state index contributed by atoms with van der Waals surface area (Å²) in [6.07, 6.45) is 14.3. The molecule has 1 unspecified atom stereocenters. The first kappa shape index (κ1) is 11.4. The molecule has 16 heavy (non-hydrogen) atoms. The standard InChI is InChI=1S/C15H20O/c1-3-5-14(16)11-15(10-4-2)12-6-7-13(15)9-8-12/h3-7,12-13H,2,8-11H2,1H3/b5-3+/t12-,13+,15?. The number of hydrogen-bond acceptors (Lipinski definition) is 1. The van der Waals surface area contributed by atoms with Crippen LogP contribution in [0.5, 0.6) is 0 Å². The summed E-state index contributed by atoms with van der Waals surface area (Å²) in [4.78, 5) is 11.8. The van der Waals surface area contributed by atoms with Gasteiger partial charge in [-0.05, 0) is 49.5 Å². The summed E-state index contributed by atoms with van der Waals surface area (Å²) in [5.41, 5.74) is 0.165. The van der Waals surface area contributed by atoms with Crippen LogP contribution in [0.2, 0.25) is 0 Å². The number of fused-ring (bicyclic) bond motifs is 2. The number of carbonyl (C=O) groups excluding carboxylic acids is 1. The Balaban J connectivity index is 2.18. The van der Waals surface area contributed by atoms with Crippen molar-refractivity contribution in [1.82, 2.24) is 0 Å². The van der Waals surface area contributed by atoms with E-state index in [1.54, 1.807) is 6.08 Å². The van der Waals surface area contributed by atoms with Crippen molar-refractivity contribution in [2.45, 2.75) is 32.6 Å². The van der Waals surface area contributed by atoms with Gasteiger partial charge in [-0.2, -0.15) is 0 Å². The second-order valence-electron chi connectivity index (χ2n) is 5.04. The lowest BCUT2D eigenvalue weighted by Crippen LogP contribution is -2.29. The van der Waals surface area contributed by atoms with Crippen LogP contribution >= 0.6 is 0 Å². The van der Waals surface area contributed by atoms with E-state index in [1.807, 2.05) is 19.1 Å². The molecule has 0 saturated heterocycles. The first-order chi connectivity index (χ1) is 7.73. The average molecular weight is 216 g/mol. The third kappa shape index (κ3) is 1.68. The molecular formula is C15H20O. The Morgan fingerprint density at radius 2 is 2.06 bits per heavy atom. The lowest BCUT2D eigenvalue weighted by atomic mass is 9.70. The van der Waals surface area contributed by atoms with Crippen LogP contribution in [0.3, 0.4) is 0 Å². The zero-order valence-corrected chi connectivity index (χ0v) is 9.99. The summed E-state index contributed by atoms with van der Waals surface area (Å²) in [6, 6.07) is 0. The van der Waals surface area contributed by atoms with Gasteiger partial charge in [0.2, 0.25) is 0 Å². The van der Waals surface area contributed by atoms with Gasteiger partial charge in [-0.15, -0.1) is 6.58 Å². The normalized spacial score (nSPS) is 36.1. The fourth-order valence-electron chi connectivity index (χ4n) is 3.53. The van der Waals surface area contributed by atoms with Crippen LogP contribution in [0.1, 0.15) is 32.6 Å². The molecule has 0 spiro atoms. The Morgan fingerprint density at radius 1 is 1.44 bits per heavy atom. The van der Waals surface area contributed by atoms with Crippen molar-refractivity contribution in [3.63, 3.8) is 0 Å². The van der Waals surface area contributed by atoms with E-state index in [0.29, 0.717) is 18.3 Å². The number of hydrogen-bond donors (Lipinski definition) is 0. The highest BCUT2D eigenvalue weighted by molar-refractivity contribution is 5.90. The SMILES string of the molecule is C=CCC1(CC(=O)/C=C/C)[C@@H]2C=C[C@H]1CC2. The lowest BCUT2D eigenvalue weighted by molar-refractivity contribution is -0.117. The van der Waals surface area contributed by atoms with Gasteiger partial charge < -0.3 is 0 Å². The Hall–Kier alpha value is -1.11. The molecule has 2 bridgehead atoms. The predicted molar refractivity (Wildman–Crippen MR) is 67.0 cm³/mol. The molecule has 0 N–H and O–H groups in total. The van der Waals surface area contributed by atoms with Crippen LogP contribution in [0, 0.1) is 17.3 Å². The van der Waals surface area contributed by atoms with Gasteiger partial charge in [-0.1, -0.05) is 24.3 Å². The van der Waals surface area contributed by atoms with Gasteiger partial charge in [-0.3, -0.25) is 4.79 Å². The second kappa shape index (κ2) is 4.40. The fraction of sp³-hybridized carbons (Fsp3) is 0.533. The van der Waals surface area contributed by atoms with E-state index in [0.717, 1.165) is 6.42 Å². The van der Waals surface area contributed by atoms with Gasteiger partial charge in [-0.25, -0.2) is 0 Å². The molecule has 0 aliphatic heterocycles. The first-order valence-electron chi connectivity index (χ1n) is 6.17. The molecule has 0 heterocycles. The van der Waals surface area contributed by atoms with Crippen LogP contribution in [0.4, 0.5) is 0 Å². The van der Waals surface area contributed by atoms with Crippen molar-refractivity contribution in [2.75, 3.05) is 0 Å². The van der Waals surface area contributed by atoms with E-state index in [9.17, 15) is 4.79 Å². The molecule has 2 aliphatic carbocycles. The lowest BCUT2D eigenvalue weighted by Gasteiger charge is -2.33. The molecule has 0 aromatic heterocycles. The van der Waals surface area contributed by atoms with E-state index in [1.165, 1.54) is 12.8 Å². The Kier molecular flexibility index (Phi) is 3.13. The van der Waals surface area contributed by atoms with Crippen molar-refractivity contribution >= 4 is 5.78 Å². The molecule has 1 nitrogen and oxygen atoms in total. The smallest absolute Gasteiger partial charge is 0.155 e. The Labute approximate surface area is 97.9 Å². The molecule has 1 fully saturated rings. The monoisotopic (exact) mass is 216 g/mol. The molecule has 0 amide bonds. The van der Waals surface area contributed by atoms with Gasteiger partial charge in [0.25, 0.3) is 0 Å². The highest BCUT2D eigenvalue weighted by Gasteiger charge is 2.50. The summed E-state index contributed by atoms with van der Waals surface area (Å²) >= 11 is 0. The first-order valence-corrected chi connectivity index (χ1v) is 6.17. The molecule has 0 radical (unpaired) electrons. The van der Waals surface area contributed by atoms with Gasteiger partial charge in [0.05, 0.1) is 0 Å². The Bertz CT molecular complexity index is 334. The van der Waals surface area contributed by atoms with Crippen LogP contribution in [0.15, 0.2) is 37.0 Å². The molecular weight excluding hydrogens is 196 g/mol. The van der Waals surface area contributed by atoms with Crippen LogP contribution in [-0.2, 0) is 4.79 Å². The van der Waals surface area contributed by atoms with Gasteiger partial charge >= 0.3 is 0 Å². The van der Waals surface area contributed by atoms with Gasteiger partial charge in [0.1, 0.15) is 0 Å². The summed E-state index contributed by atoms with van der Waals surface area (Å²) < 4.78 is 0. The molecule has 86 valence electrons. The minimum absolute atomic E-state index is 0.165. The number of rotatable bonds is 5. The number of allylic oxidation sites excluding steroid dienone is 5. The molecule has 2 aliphatic rings. The third-order valence-corrected chi connectivity index (χ3v) is 4.22. The zero-order chi connectivity index (χ0) is 11.6. The quantitative estimate of drug-likeness (QED) is 0.506. The van der Waals surface area contributed by atoms with Gasteiger partial charge in [0.15, 0.2) is 5.78 Å². The molecule has 1 heteroatoms. The van der Waals surface area contributed by atoms with Crippen molar-refractivity contribution in [1.29, 1.82) is 0 Å². The second-order valence-corrected chi connectivity index (χ2v) is 5.04. The maximum absolute atomic E-state index is 11.8. The van der Waals surface area contributed by atoms with Gasteiger partial charge in [0, 0.05) is 6.42 Å². The van der Waals surface area contributed by atoms with E-state index in [-0.39, 0.29) is 11.2 Å². The summed E-state index contributed by atoms with van der Waals surface area (Å²) in [6.45, 7) is 5.76. The third-order valence-electron chi connectivity index (χ3n) is 4.22. The molecule has 0 aromatic carbocycles. The zero-order valence-electron chi connectivity index (χ0n) is 9.99. The summed E-state index contributed by atoms with van der Waals surface area (Å²) in [5, 5.41) is 0. The molecule has 0 aromatic rings. The van der Waals surface area contributed by atoms with Crippen molar-refractivity contribution in [2.24, 2.45) is 17.3 Å². The van der Waals surface area contributed by atoms with Crippen LogP contribution in [0.25, 0.3) is 0 Å². The highest BCUT2D eigenvalue weighted by atomic mass is 16.1. The molecule has 1 saturated carbocycles. The highest BCUT2D eigenvalue weighted by Crippen LogP contribution is 2.58. The maximum atomic E-state index is 11.8. The number of carbonyl (C=O) groups is 1. The molecule has 2 rings (SSSR count). The fourth-order valence-corrected chi connectivity index (χ4v) is 3.53. The van der Waals surface area contributed by atoms with Crippen LogP contribution in [-0.4, -0.2) is 5.78 Å².